The van der Waals surface area contributed by atoms with Crippen LogP contribution in [0.4, 0.5) is 0 Å². The van der Waals surface area contributed by atoms with Crippen molar-refractivity contribution in [1.29, 1.82) is 0 Å². The Morgan fingerprint density at radius 2 is 1.27 bits per heavy atom. The summed E-state index contributed by atoms with van der Waals surface area (Å²) in [6.45, 7) is 4.49. The van der Waals surface area contributed by atoms with Crippen LogP contribution in [0.5, 0.6) is 0 Å². The lowest BCUT2D eigenvalue weighted by molar-refractivity contribution is 0.216. The number of rotatable bonds is 9. The van der Waals surface area contributed by atoms with Crippen molar-refractivity contribution in [3.63, 3.8) is 0 Å². The molecule has 0 saturated carbocycles. The molecule has 0 aromatic heterocycles. The van der Waals surface area contributed by atoms with Gasteiger partial charge in [-0.15, -0.1) is 0 Å². The molecule has 0 radical (unpaired) electrons. The highest BCUT2D eigenvalue weighted by molar-refractivity contribution is 4.51. The van der Waals surface area contributed by atoms with Crippen LogP contribution in [0.1, 0.15) is 12.8 Å². The van der Waals surface area contributed by atoms with E-state index in [9.17, 15) is 0 Å². The van der Waals surface area contributed by atoms with Gasteiger partial charge in [-0.2, -0.15) is 0 Å². The van der Waals surface area contributed by atoms with E-state index in [1.807, 2.05) is 0 Å². The fraction of sp³-hybridized carbons (Fsp3) is 1.00. The molecule has 0 bridgehead atoms. The highest BCUT2D eigenvalue weighted by atomic mass is 15.5. The van der Waals surface area contributed by atoms with Crippen LogP contribution in [-0.2, 0) is 0 Å². The Morgan fingerprint density at radius 1 is 0.733 bits per heavy atom. The predicted molar refractivity (Wildman–Crippen MR) is 67.0 cm³/mol. The quantitative estimate of drug-likeness (QED) is 0.443. The second-order valence-corrected chi connectivity index (χ2v) is 4.64. The molecule has 0 unspecified atom stereocenters. The molecule has 0 aliphatic carbocycles. The first-order valence-electron chi connectivity index (χ1n) is 5.76. The van der Waals surface area contributed by atoms with E-state index in [1.54, 1.807) is 0 Å². The topological polar surface area (TPSA) is 21.8 Å². The van der Waals surface area contributed by atoms with Gasteiger partial charge < -0.3 is 9.80 Å². The minimum absolute atomic E-state index is 1.07. The summed E-state index contributed by atoms with van der Waals surface area (Å²) >= 11 is 0. The van der Waals surface area contributed by atoms with E-state index in [0.29, 0.717) is 0 Å². The Kier molecular flexibility index (Phi) is 9.00. The largest absolute Gasteiger partial charge is 0.309 e. The molecule has 0 saturated heterocycles. The van der Waals surface area contributed by atoms with Crippen molar-refractivity contribution in [3.8, 4) is 0 Å². The van der Waals surface area contributed by atoms with Crippen LogP contribution in [0, 0.1) is 0 Å². The van der Waals surface area contributed by atoms with Gasteiger partial charge in [0, 0.05) is 20.1 Å². The van der Waals surface area contributed by atoms with Crippen LogP contribution < -0.4 is 5.43 Å². The van der Waals surface area contributed by atoms with Crippen molar-refractivity contribution >= 4 is 0 Å². The van der Waals surface area contributed by atoms with Gasteiger partial charge in [-0.25, -0.2) is 5.01 Å². The molecule has 0 amide bonds. The van der Waals surface area contributed by atoms with Gasteiger partial charge in [0.1, 0.15) is 0 Å². The zero-order valence-corrected chi connectivity index (χ0v) is 11.1. The lowest BCUT2D eigenvalue weighted by atomic mass is 10.4. The van der Waals surface area contributed by atoms with Crippen molar-refractivity contribution in [2.75, 3.05) is 61.4 Å². The predicted octanol–water partition coefficient (Wildman–Crippen LogP) is 0.326. The molecule has 0 aliphatic rings. The van der Waals surface area contributed by atoms with E-state index in [4.69, 9.17) is 0 Å². The highest BCUT2D eigenvalue weighted by Crippen LogP contribution is 1.87. The SMILES string of the molecule is CN(C)CCCNN(C)CCCN(C)C. The van der Waals surface area contributed by atoms with Crippen molar-refractivity contribution in [1.82, 2.24) is 20.2 Å². The maximum Gasteiger partial charge on any atom is 0.0140 e. The number of hydrogen-bond donors (Lipinski definition) is 1. The lowest BCUT2D eigenvalue weighted by Crippen LogP contribution is -2.37. The van der Waals surface area contributed by atoms with Crippen LogP contribution in [0.25, 0.3) is 0 Å². The standard InChI is InChI=1S/C11H28N4/c1-13(2)9-6-8-12-15(5)11-7-10-14(3)4/h12H,6-11H2,1-5H3. The highest BCUT2D eigenvalue weighted by Gasteiger charge is 1.98. The third kappa shape index (κ3) is 11.8. The molecule has 0 atom stereocenters. The van der Waals surface area contributed by atoms with Gasteiger partial charge in [0.2, 0.25) is 0 Å². The van der Waals surface area contributed by atoms with Gasteiger partial charge in [-0.3, -0.25) is 5.43 Å². The Morgan fingerprint density at radius 3 is 1.80 bits per heavy atom. The van der Waals surface area contributed by atoms with Crippen molar-refractivity contribution in [2.24, 2.45) is 0 Å². The zero-order valence-electron chi connectivity index (χ0n) is 11.1. The van der Waals surface area contributed by atoms with Gasteiger partial charge in [-0.05, 0) is 54.1 Å². The van der Waals surface area contributed by atoms with E-state index in [2.05, 4.69) is 55.5 Å². The maximum absolute atomic E-state index is 3.40. The van der Waals surface area contributed by atoms with Crippen LogP contribution in [0.2, 0.25) is 0 Å². The number of nitrogens with one attached hydrogen (secondary N) is 1. The second-order valence-electron chi connectivity index (χ2n) is 4.64. The summed E-state index contributed by atoms with van der Waals surface area (Å²) in [4.78, 5) is 4.44. The van der Waals surface area contributed by atoms with Gasteiger partial charge in [0.05, 0.1) is 0 Å². The number of hydrogen-bond acceptors (Lipinski definition) is 4. The monoisotopic (exact) mass is 216 g/mol. The van der Waals surface area contributed by atoms with Crippen LogP contribution in [0.15, 0.2) is 0 Å². The third-order valence-corrected chi connectivity index (χ3v) is 2.26. The first-order valence-corrected chi connectivity index (χ1v) is 5.76. The van der Waals surface area contributed by atoms with Crippen LogP contribution >= 0.6 is 0 Å². The van der Waals surface area contributed by atoms with Crippen molar-refractivity contribution in [2.45, 2.75) is 12.8 Å². The summed E-state index contributed by atoms with van der Waals surface area (Å²) in [5.74, 6) is 0. The molecular weight excluding hydrogens is 188 g/mol. The third-order valence-electron chi connectivity index (χ3n) is 2.26. The molecule has 0 aromatic carbocycles. The molecule has 4 heteroatoms. The molecule has 1 N–H and O–H groups in total. The van der Waals surface area contributed by atoms with E-state index in [1.165, 1.54) is 12.8 Å². The summed E-state index contributed by atoms with van der Waals surface area (Å²) < 4.78 is 0. The van der Waals surface area contributed by atoms with Gasteiger partial charge in [-0.1, -0.05) is 0 Å². The average molecular weight is 216 g/mol. The molecule has 0 fully saturated rings. The Balaban J connectivity index is 3.22. The van der Waals surface area contributed by atoms with Gasteiger partial charge in [0.15, 0.2) is 0 Å². The number of hydrazine groups is 1. The van der Waals surface area contributed by atoms with Crippen molar-refractivity contribution < 1.29 is 0 Å². The fourth-order valence-electron chi connectivity index (χ4n) is 1.37. The lowest BCUT2D eigenvalue weighted by Gasteiger charge is -2.19. The maximum atomic E-state index is 3.40. The van der Waals surface area contributed by atoms with E-state index < -0.39 is 0 Å². The van der Waals surface area contributed by atoms with Gasteiger partial charge >= 0.3 is 0 Å². The normalized spacial score (nSPS) is 12.0. The molecule has 0 aromatic rings. The number of nitrogens with zero attached hydrogens (tertiary/aromatic N) is 3. The molecule has 0 spiro atoms. The summed E-state index contributed by atoms with van der Waals surface area (Å²) in [6.07, 6.45) is 2.41. The van der Waals surface area contributed by atoms with Crippen LogP contribution in [-0.4, -0.2) is 76.2 Å². The molecule has 0 aliphatic heterocycles. The summed E-state index contributed by atoms with van der Waals surface area (Å²) in [5, 5.41) is 2.19. The smallest absolute Gasteiger partial charge is 0.0140 e. The first kappa shape index (κ1) is 14.8. The summed E-state index contributed by atoms with van der Waals surface area (Å²) in [7, 11) is 10.6. The Labute approximate surface area is 95.2 Å². The zero-order chi connectivity index (χ0) is 11.7. The fourth-order valence-corrected chi connectivity index (χ4v) is 1.37. The average Bonchev–Trinajstić information content (AvgIpc) is 2.11. The Bertz CT molecular complexity index is 137. The minimum Gasteiger partial charge on any atom is -0.309 e. The molecule has 0 heterocycles. The summed E-state index contributed by atoms with van der Waals surface area (Å²) in [5.41, 5.74) is 3.40. The second kappa shape index (κ2) is 9.09. The van der Waals surface area contributed by atoms with Gasteiger partial charge in [0.25, 0.3) is 0 Å². The van der Waals surface area contributed by atoms with E-state index in [-0.39, 0.29) is 0 Å². The van der Waals surface area contributed by atoms with Crippen LogP contribution in [0.3, 0.4) is 0 Å². The molecule has 4 nitrogen and oxygen atoms in total. The van der Waals surface area contributed by atoms with E-state index >= 15 is 0 Å². The minimum atomic E-state index is 1.07. The summed E-state index contributed by atoms with van der Waals surface area (Å²) in [6, 6.07) is 0. The first-order chi connectivity index (χ1) is 7.02. The molecule has 15 heavy (non-hydrogen) atoms. The van der Waals surface area contributed by atoms with Crippen molar-refractivity contribution in [3.05, 3.63) is 0 Å². The molecular formula is C11H28N4. The molecule has 92 valence electrons. The Hall–Kier alpha value is -0.160. The van der Waals surface area contributed by atoms with E-state index in [0.717, 1.165) is 26.2 Å². The molecule has 0 rings (SSSR count).